The van der Waals surface area contributed by atoms with Crippen LogP contribution in [0.2, 0.25) is 0 Å². The number of hydrogen-bond acceptors (Lipinski definition) is 4. The van der Waals surface area contributed by atoms with Crippen LogP contribution < -0.4 is 0 Å². The second-order valence-electron chi connectivity index (χ2n) is 3.35. The van der Waals surface area contributed by atoms with Crippen LogP contribution in [0.1, 0.15) is 26.7 Å². The standard InChI is InChI=1S/C7H13NO5/c1-7(2,6(9)10)4-3-5-13-8(11)12/h3-5H2,1-2H3,(H,9,10). The first-order valence-corrected chi connectivity index (χ1v) is 3.87. The lowest BCUT2D eigenvalue weighted by Crippen LogP contribution is -2.24. The fourth-order valence-electron chi connectivity index (χ4n) is 0.760. The van der Waals surface area contributed by atoms with E-state index >= 15 is 0 Å². The third kappa shape index (κ3) is 5.00. The van der Waals surface area contributed by atoms with Crippen molar-refractivity contribution in [2.75, 3.05) is 6.61 Å². The van der Waals surface area contributed by atoms with E-state index in [4.69, 9.17) is 5.11 Å². The van der Waals surface area contributed by atoms with Gasteiger partial charge in [-0.2, -0.15) is 0 Å². The minimum Gasteiger partial charge on any atom is -0.481 e. The van der Waals surface area contributed by atoms with Gasteiger partial charge in [-0.05, 0) is 26.7 Å². The lowest BCUT2D eigenvalue weighted by Gasteiger charge is -2.17. The summed E-state index contributed by atoms with van der Waals surface area (Å²) in [5, 5.41) is 17.5. The quantitative estimate of drug-likeness (QED) is 0.385. The Hall–Kier alpha value is -1.33. The summed E-state index contributed by atoms with van der Waals surface area (Å²) in [6, 6.07) is 0. The average molecular weight is 191 g/mol. The minimum atomic E-state index is -0.909. The Morgan fingerprint density at radius 1 is 1.62 bits per heavy atom. The molecule has 0 atom stereocenters. The summed E-state index contributed by atoms with van der Waals surface area (Å²) in [5.41, 5.74) is -0.847. The molecule has 0 aromatic carbocycles. The van der Waals surface area contributed by atoms with Crippen molar-refractivity contribution >= 4 is 5.97 Å². The molecule has 0 saturated heterocycles. The van der Waals surface area contributed by atoms with E-state index in [1.807, 2.05) is 0 Å². The Balaban J connectivity index is 3.64. The van der Waals surface area contributed by atoms with Gasteiger partial charge in [0.05, 0.1) is 12.0 Å². The highest BCUT2D eigenvalue weighted by atomic mass is 16.9. The summed E-state index contributed by atoms with van der Waals surface area (Å²) in [6.07, 6.45) is 0.719. The molecule has 6 heteroatoms. The molecular weight excluding hydrogens is 178 g/mol. The normalized spacial score (nSPS) is 10.9. The average Bonchev–Trinajstić information content (AvgIpc) is 1.97. The number of nitrogens with zero attached hydrogens (tertiary/aromatic N) is 1. The number of hydrogen-bond donors (Lipinski definition) is 1. The summed E-state index contributed by atoms with van der Waals surface area (Å²) in [7, 11) is 0. The molecule has 0 heterocycles. The van der Waals surface area contributed by atoms with E-state index in [2.05, 4.69) is 4.84 Å². The van der Waals surface area contributed by atoms with Crippen LogP contribution in [-0.4, -0.2) is 22.8 Å². The smallest absolute Gasteiger partial charge is 0.309 e. The van der Waals surface area contributed by atoms with Crippen LogP contribution in [0.25, 0.3) is 0 Å². The molecular formula is C7H13NO5. The molecule has 76 valence electrons. The van der Waals surface area contributed by atoms with Crippen molar-refractivity contribution < 1.29 is 19.8 Å². The molecule has 0 spiro atoms. The third-order valence-corrected chi connectivity index (χ3v) is 1.72. The highest BCUT2D eigenvalue weighted by molar-refractivity contribution is 5.73. The van der Waals surface area contributed by atoms with Gasteiger partial charge in [-0.1, -0.05) is 0 Å². The largest absolute Gasteiger partial charge is 0.481 e. The van der Waals surface area contributed by atoms with E-state index < -0.39 is 16.5 Å². The SMILES string of the molecule is CC(C)(CCCO[N+](=O)[O-])C(=O)O. The van der Waals surface area contributed by atoms with Gasteiger partial charge in [-0.15, -0.1) is 10.1 Å². The monoisotopic (exact) mass is 191 g/mol. The van der Waals surface area contributed by atoms with Crippen LogP contribution in [0.5, 0.6) is 0 Å². The summed E-state index contributed by atoms with van der Waals surface area (Å²) in [6.45, 7) is 3.09. The Labute approximate surface area is 75.6 Å². The van der Waals surface area contributed by atoms with E-state index in [-0.39, 0.29) is 6.61 Å². The van der Waals surface area contributed by atoms with Gasteiger partial charge in [-0.25, -0.2) is 0 Å². The molecule has 0 rings (SSSR count). The zero-order valence-electron chi connectivity index (χ0n) is 7.65. The van der Waals surface area contributed by atoms with Crippen molar-refractivity contribution in [2.24, 2.45) is 5.41 Å². The van der Waals surface area contributed by atoms with Crippen LogP contribution >= 0.6 is 0 Å². The maximum atomic E-state index is 10.6. The number of aliphatic carboxylic acids is 1. The van der Waals surface area contributed by atoms with Crippen LogP contribution in [0.15, 0.2) is 0 Å². The van der Waals surface area contributed by atoms with Gasteiger partial charge in [0.2, 0.25) is 0 Å². The van der Waals surface area contributed by atoms with Gasteiger partial charge in [0.15, 0.2) is 0 Å². The lowest BCUT2D eigenvalue weighted by atomic mass is 9.88. The number of carboxylic acid groups (broad SMARTS) is 1. The van der Waals surface area contributed by atoms with Gasteiger partial charge in [-0.3, -0.25) is 4.79 Å². The molecule has 0 unspecified atom stereocenters. The highest BCUT2D eigenvalue weighted by Gasteiger charge is 2.26. The van der Waals surface area contributed by atoms with Crippen molar-refractivity contribution in [1.29, 1.82) is 0 Å². The summed E-state index contributed by atoms with van der Waals surface area (Å²) >= 11 is 0. The van der Waals surface area contributed by atoms with E-state index in [9.17, 15) is 14.9 Å². The van der Waals surface area contributed by atoms with Crippen molar-refractivity contribution in [3.63, 3.8) is 0 Å². The maximum Gasteiger partial charge on any atom is 0.309 e. The molecule has 0 aromatic rings. The van der Waals surface area contributed by atoms with Gasteiger partial charge in [0, 0.05) is 0 Å². The molecule has 1 N–H and O–H groups in total. The van der Waals surface area contributed by atoms with E-state index in [1.54, 1.807) is 13.8 Å². The van der Waals surface area contributed by atoms with Crippen molar-refractivity contribution in [3.05, 3.63) is 10.1 Å². The summed E-state index contributed by atoms with van der Waals surface area (Å²) < 4.78 is 0. The fraction of sp³-hybridized carbons (Fsp3) is 0.857. The first-order chi connectivity index (χ1) is 5.86. The van der Waals surface area contributed by atoms with Crippen molar-refractivity contribution in [2.45, 2.75) is 26.7 Å². The second kappa shape index (κ2) is 4.64. The van der Waals surface area contributed by atoms with Gasteiger partial charge >= 0.3 is 5.97 Å². The van der Waals surface area contributed by atoms with Crippen molar-refractivity contribution in [1.82, 2.24) is 0 Å². The number of carbonyl (C=O) groups is 1. The molecule has 0 saturated carbocycles. The summed E-state index contributed by atoms with van der Waals surface area (Å²) in [5.74, 6) is -0.909. The predicted molar refractivity (Wildman–Crippen MR) is 43.6 cm³/mol. The Kier molecular flexibility index (Phi) is 4.16. The van der Waals surface area contributed by atoms with Crippen LogP contribution in [-0.2, 0) is 9.63 Å². The van der Waals surface area contributed by atoms with Gasteiger partial charge < -0.3 is 9.94 Å². The molecule has 0 radical (unpaired) electrons. The first-order valence-electron chi connectivity index (χ1n) is 3.87. The number of carboxylic acids is 1. The Morgan fingerprint density at radius 2 is 2.15 bits per heavy atom. The highest BCUT2D eigenvalue weighted by Crippen LogP contribution is 2.22. The molecule has 0 aromatic heterocycles. The Bertz CT molecular complexity index is 201. The zero-order chi connectivity index (χ0) is 10.5. The van der Waals surface area contributed by atoms with Gasteiger partial charge in [0.1, 0.15) is 0 Å². The molecule has 0 aliphatic carbocycles. The first kappa shape index (κ1) is 11.7. The predicted octanol–water partition coefficient (Wildman–Crippen LogP) is 1.09. The topological polar surface area (TPSA) is 89.7 Å². The molecule has 0 bridgehead atoms. The second-order valence-corrected chi connectivity index (χ2v) is 3.35. The summed E-state index contributed by atoms with van der Waals surface area (Å²) in [4.78, 5) is 24.3. The molecule has 0 amide bonds. The van der Waals surface area contributed by atoms with E-state index in [0.717, 1.165) is 0 Å². The van der Waals surface area contributed by atoms with E-state index in [1.165, 1.54) is 0 Å². The van der Waals surface area contributed by atoms with Crippen LogP contribution in [0.4, 0.5) is 0 Å². The van der Waals surface area contributed by atoms with Crippen LogP contribution in [0.3, 0.4) is 0 Å². The minimum absolute atomic E-state index is 0.0519. The van der Waals surface area contributed by atoms with Gasteiger partial charge in [0.25, 0.3) is 5.09 Å². The third-order valence-electron chi connectivity index (χ3n) is 1.72. The van der Waals surface area contributed by atoms with E-state index in [0.29, 0.717) is 12.8 Å². The molecule has 0 aliphatic rings. The Morgan fingerprint density at radius 3 is 2.54 bits per heavy atom. The fourth-order valence-corrected chi connectivity index (χ4v) is 0.760. The molecule has 13 heavy (non-hydrogen) atoms. The maximum absolute atomic E-state index is 10.6. The van der Waals surface area contributed by atoms with Crippen LogP contribution in [0, 0.1) is 15.5 Å². The zero-order valence-corrected chi connectivity index (χ0v) is 7.65. The van der Waals surface area contributed by atoms with Crippen molar-refractivity contribution in [3.8, 4) is 0 Å². The lowest BCUT2D eigenvalue weighted by molar-refractivity contribution is -0.757. The molecule has 6 nitrogen and oxygen atoms in total. The number of rotatable bonds is 6. The molecule has 0 aliphatic heterocycles. The molecule has 0 fully saturated rings.